The Morgan fingerprint density at radius 3 is 2.24 bits per heavy atom. The van der Waals surface area contributed by atoms with E-state index in [2.05, 4.69) is 5.32 Å². The van der Waals surface area contributed by atoms with Gasteiger partial charge in [0, 0.05) is 6.07 Å². The van der Waals surface area contributed by atoms with Gasteiger partial charge in [-0.2, -0.15) is 0 Å². The minimum absolute atomic E-state index is 0.0697. The first-order valence-electron chi connectivity index (χ1n) is 10.6. The van der Waals surface area contributed by atoms with E-state index in [9.17, 15) is 13.2 Å². The number of carbonyl (C=O) groups excluding carboxylic acids is 1. The number of ether oxygens (including phenoxy) is 3. The molecule has 0 saturated heterocycles. The molecule has 1 N–H and O–H groups in total. The first-order chi connectivity index (χ1) is 16.3. The third-order valence-electron chi connectivity index (χ3n) is 4.99. The molecule has 0 spiro atoms. The molecule has 0 saturated carbocycles. The predicted molar refractivity (Wildman–Crippen MR) is 130 cm³/mol. The fourth-order valence-electron chi connectivity index (χ4n) is 3.19. The summed E-state index contributed by atoms with van der Waals surface area (Å²) < 4.78 is 44.0. The average Bonchev–Trinajstić information content (AvgIpc) is 2.86. The SMILES string of the molecule is COc1ccc(N(CC(=O)NCCOc2ccc(C)cc2)S(=O)(=O)c2ccccc2)cc1OC. The molecule has 3 rings (SSSR count). The summed E-state index contributed by atoms with van der Waals surface area (Å²) >= 11 is 0. The van der Waals surface area contributed by atoms with Crippen molar-refractivity contribution in [3.63, 3.8) is 0 Å². The number of hydrogen-bond acceptors (Lipinski definition) is 6. The normalized spacial score (nSPS) is 10.9. The van der Waals surface area contributed by atoms with Gasteiger partial charge in [0.1, 0.15) is 18.9 Å². The molecule has 0 aromatic heterocycles. The zero-order valence-electron chi connectivity index (χ0n) is 19.4. The van der Waals surface area contributed by atoms with Gasteiger partial charge in [0.2, 0.25) is 5.91 Å². The highest BCUT2D eigenvalue weighted by atomic mass is 32.2. The maximum absolute atomic E-state index is 13.4. The molecule has 9 heteroatoms. The van der Waals surface area contributed by atoms with Crippen LogP contribution in [0.2, 0.25) is 0 Å². The highest BCUT2D eigenvalue weighted by Gasteiger charge is 2.28. The first kappa shape index (κ1) is 24.9. The zero-order chi connectivity index (χ0) is 24.6. The molecule has 180 valence electrons. The Morgan fingerprint density at radius 1 is 0.912 bits per heavy atom. The molecule has 3 aromatic rings. The molecule has 0 bridgehead atoms. The van der Waals surface area contributed by atoms with Crippen LogP contribution in [0.4, 0.5) is 5.69 Å². The lowest BCUT2D eigenvalue weighted by Crippen LogP contribution is -2.41. The van der Waals surface area contributed by atoms with Crippen molar-refractivity contribution in [3.05, 3.63) is 78.4 Å². The molecule has 0 radical (unpaired) electrons. The van der Waals surface area contributed by atoms with Crippen molar-refractivity contribution in [1.82, 2.24) is 5.32 Å². The molecule has 1 amide bonds. The third-order valence-corrected chi connectivity index (χ3v) is 6.78. The lowest BCUT2D eigenvalue weighted by Gasteiger charge is -2.25. The Kier molecular flexibility index (Phi) is 8.37. The molecular weight excluding hydrogens is 456 g/mol. The van der Waals surface area contributed by atoms with Gasteiger partial charge in [-0.1, -0.05) is 35.9 Å². The van der Waals surface area contributed by atoms with Gasteiger partial charge in [0.25, 0.3) is 10.0 Å². The van der Waals surface area contributed by atoms with E-state index >= 15 is 0 Å². The number of carbonyl (C=O) groups is 1. The summed E-state index contributed by atoms with van der Waals surface area (Å²) in [7, 11) is -1.08. The summed E-state index contributed by atoms with van der Waals surface area (Å²) in [4.78, 5) is 12.8. The van der Waals surface area contributed by atoms with Crippen molar-refractivity contribution in [2.24, 2.45) is 0 Å². The minimum atomic E-state index is -4.03. The van der Waals surface area contributed by atoms with Crippen LogP contribution in [-0.4, -0.2) is 48.2 Å². The number of methoxy groups -OCH3 is 2. The summed E-state index contributed by atoms with van der Waals surface area (Å²) in [5, 5.41) is 2.71. The van der Waals surface area contributed by atoms with Crippen LogP contribution in [0.5, 0.6) is 17.2 Å². The van der Waals surface area contributed by atoms with Gasteiger partial charge in [-0.15, -0.1) is 0 Å². The van der Waals surface area contributed by atoms with E-state index in [1.165, 1.54) is 32.4 Å². The zero-order valence-corrected chi connectivity index (χ0v) is 20.2. The van der Waals surface area contributed by atoms with Crippen LogP contribution in [-0.2, 0) is 14.8 Å². The van der Waals surface area contributed by atoms with Crippen LogP contribution >= 0.6 is 0 Å². The van der Waals surface area contributed by atoms with Crippen molar-refractivity contribution >= 4 is 21.6 Å². The number of aryl methyl sites for hydroxylation is 1. The van der Waals surface area contributed by atoms with Crippen LogP contribution in [0.3, 0.4) is 0 Å². The Labute approximate surface area is 200 Å². The molecule has 0 aliphatic heterocycles. The number of rotatable bonds is 11. The van der Waals surface area contributed by atoms with Crippen LogP contribution in [0.25, 0.3) is 0 Å². The monoisotopic (exact) mass is 484 g/mol. The van der Waals surface area contributed by atoms with Crippen LogP contribution in [0.15, 0.2) is 77.7 Å². The molecule has 3 aromatic carbocycles. The molecule has 0 aliphatic rings. The van der Waals surface area contributed by atoms with Gasteiger partial charge in [0.15, 0.2) is 11.5 Å². The van der Waals surface area contributed by atoms with Crippen LogP contribution < -0.4 is 23.8 Å². The van der Waals surface area contributed by atoms with Gasteiger partial charge < -0.3 is 19.5 Å². The van der Waals surface area contributed by atoms with Crippen molar-refractivity contribution in [1.29, 1.82) is 0 Å². The van der Waals surface area contributed by atoms with Crippen LogP contribution in [0.1, 0.15) is 5.56 Å². The summed E-state index contributed by atoms with van der Waals surface area (Å²) in [5.74, 6) is 1.02. The number of benzene rings is 3. The highest BCUT2D eigenvalue weighted by Crippen LogP contribution is 2.33. The molecule has 34 heavy (non-hydrogen) atoms. The number of hydrogen-bond donors (Lipinski definition) is 1. The van der Waals surface area contributed by atoms with Gasteiger partial charge in [-0.05, 0) is 43.3 Å². The molecule has 0 heterocycles. The minimum Gasteiger partial charge on any atom is -0.493 e. The molecule has 0 atom stereocenters. The van der Waals surface area contributed by atoms with E-state index in [0.717, 1.165) is 9.87 Å². The quantitative estimate of drug-likeness (QED) is 0.419. The number of nitrogens with zero attached hydrogens (tertiary/aromatic N) is 1. The Hall–Kier alpha value is -3.72. The van der Waals surface area contributed by atoms with Crippen molar-refractivity contribution in [2.75, 3.05) is 38.2 Å². The van der Waals surface area contributed by atoms with Crippen molar-refractivity contribution < 1.29 is 27.4 Å². The van der Waals surface area contributed by atoms with E-state index in [4.69, 9.17) is 14.2 Å². The maximum atomic E-state index is 13.4. The number of anilines is 1. The molecule has 0 aliphatic carbocycles. The van der Waals surface area contributed by atoms with Gasteiger partial charge in [-0.25, -0.2) is 8.42 Å². The van der Waals surface area contributed by atoms with Crippen molar-refractivity contribution in [2.45, 2.75) is 11.8 Å². The maximum Gasteiger partial charge on any atom is 0.264 e. The van der Waals surface area contributed by atoms with E-state index < -0.39 is 22.5 Å². The van der Waals surface area contributed by atoms with E-state index in [1.807, 2.05) is 31.2 Å². The van der Waals surface area contributed by atoms with E-state index in [1.54, 1.807) is 30.3 Å². The number of amides is 1. The smallest absolute Gasteiger partial charge is 0.264 e. The first-order valence-corrected chi connectivity index (χ1v) is 12.0. The van der Waals surface area contributed by atoms with Crippen molar-refractivity contribution in [3.8, 4) is 17.2 Å². The Bertz CT molecular complexity index is 1200. The lowest BCUT2D eigenvalue weighted by molar-refractivity contribution is -0.119. The molecule has 0 unspecified atom stereocenters. The fourth-order valence-corrected chi connectivity index (χ4v) is 4.63. The summed E-state index contributed by atoms with van der Waals surface area (Å²) in [6, 6.07) is 20.2. The predicted octanol–water partition coefficient (Wildman–Crippen LogP) is 3.40. The van der Waals surface area contributed by atoms with E-state index in [0.29, 0.717) is 17.2 Å². The lowest BCUT2D eigenvalue weighted by atomic mass is 10.2. The van der Waals surface area contributed by atoms with E-state index in [-0.39, 0.29) is 23.7 Å². The Morgan fingerprint density at radius 2 is 1.59 bits per heavy atom. The molecule has 0 fully saturated rings. The second-order valence-electron chi connectivity index (χ2n) is 7.38. The highest BCUT2D eigenvalue weighted by molar-refractivity contribution is 7.92. The average molecular weight is 485 g/mol. The van der Waals surface area contributed by atoms with Gasteiger partial charge in [0.05, 0.1) is 31.3 Å². The van der Waals surface area contributed by atoms with Gasteiger partial charge in [-0.3, -0.25) is 9.10 Å². The summed E-state index contributed by atoms with van der Waals surface area (Å²) in [6.07, 6.45) is 0. The molecular formula is C25H28N2O6S. The van der Waals surface area contributed by atoms with Crippen LogP contribution in [0, 0.1) is 6.92 Å². The summed E-state index contributed by atoms with van der Waals surface area (Å²) in [6.45, 7) is 2.03. The van der Waals surface area contributed by atoms with Gasteiger partial charge >= 0.3 is 0 Å². The molecule has 8 nitrogen and oxygen atoms in total. The second kappa shape index (κ2) is 11.4. The Balaban J connectivity index is 1.76. The topological polar surface area (TPSA) is 94.2 Å². The third kappa shape index (κ3) is 6.20. The summed E-state index contributed by atoms with van der Waals surface area (Å²) in [5.41, 5.74) is 1.39. The number of nitrogens with one attached hydrogen (secondary N) is 1. The standard InChI is InChI=1S/C25H28N2O6S/c1-19-9-12-21(13-10-19)33-16-15-26-25(28)18-27(34(29,30)22-7-5-4-6-8-22)20-11-14-23(31-2)24(17-20)32-3/h4-14,17H,15-16,18H2,1-3H3,(H,26,28). The number of sulfonamides is 1. The largest absolute Gasteiger partial charge is 0.493 e. The fraction of sp³-hybridized carbons (Fsp3) is 0.240. The second-order valence-corrected chi connectivity index (χ2v) is 9.24.